The molecular weight excluding hydrogens is 1600 g/mol. The lowest BCUT2D eigenvalue weighted by atomic mass is 9.85. The van der Waals surface area contributed by atoms with Crippen molar-refractivity contribution < 1.29 is 57.8 Å². The number of hydrogen-bond acceptors (Lipinski definition) is 24. The zero-order valence-corrected chi connectivity index (χ0v) is 78.1. The first-order valence-electron chi connectivity index (χ1n) is 41.6. The van der Waals surface area contributed by atoms with Crippen LogP contribution >= 0.6 is 0 Å². The number of carbonyl (C=O) groups excluding carboxylic acids is 6. The zero-order chi connectivity index (χ0) is 93.3. The van der Waals surface area contributed by atoms with Crippen molar-refractivity contribution in [3.8, 4) is 0 Å². The highest BCUT2D eigenvalue weighted by Crippen LogP contribution is 2.35. The smallest absolute Gasteiger partial charge is 0.368 e. The topological polar surface area (TPSA) is 251 Å². The third-order valence-electron chi connectivity index (χ3n) is 20.5. The van der Waals surface area contributed by atoms with Gasteiger partial charge in [0.25, 0.3) is 0 Å². The van der Waals surface area contributed by atoms with Crippen LogP contribution in [0.2, 0.25) is 0 Å². The number of anilines is 6. The van der Waals surface area contributed by atoms with E-state index in [-0.39, 0.29) is 45.5 Å². The molecule has 24 nitrogen and oxygen atoms in total. The Morgan fingerprint density at radius 2 is 0.433 bits per heavy atom. The first kappa shape index (κ1) is 96.7. The fourth-order valence-electron chi connectivity index (χ4n) is 13.1. The highest BCUT2D eigenvalue weighted by molar-refractivity contribution is 6.33. The molecule has 6 aliphatic heterocycles. The number of aryl methyl sites for hydroxylation is 3. The van der Waals surface area contributed by atoms with E-state index in [0.717, 1.165) is 95.3 Å². The average Bonchev–Trinajstić information content (AvgIpc) is 1.74. The molecule has 127 heavy (non-hydrogen) atoms. The molecule has 0 fully saturated rings. The van der Waals surface area contributed by atoms with Crippen LogP contribution in [0.4, 0.5) is 34.1 Å². The number of carbonyl (C=O) groups is 6. The quantitative estimate of drug-likeness (QED) is 0.0724. The summed E-state index contributed by atoms with van der Waals surface area (Å²) in [4.78, 5) is 113. The van der Waals surface area contributed by atoms with Gasteiger partial charge in [-0.3, -0.25) is 0 Å². The normalized spacial score (nSPS) is 16.5. The van der Waals surface area contributed by atoms with Crippen molar-refractivity contribution in [2.45, 2.75) is 104 Å². The number of hydrogen-bond donors (Lipinski definition) is 0. The van der Waals surface area contributed by atoms with E-state index in [0.29, 0.717) is 67.7 Å². The lowest BCUT2D eigenvalue weighted by Gasteiger charge is -2.17. The molecule has 0 saturated carbocycles. The van der Waals surface area contributed by atoms with Crippen LogP contribution in [0.5, 0.6) is 0 Å². The fraction of sp³-hybridized carbons (Fsp3) is 0.301. The Balaban J connectivity index is 0.000000172. The Morgan fingerprint density at radius 1 is 0.236 bits per heavy atom. The molecule has 8 aromatic rings. The second kappa shape index (κ2) is 41.6. The molecule has 0 unspecified atom stereocenters. The standard InChI is InChI=1S/2C19H18N2O2.C17H22N2O2.3C16H20N2O2/c2*1-13-11-16(21(2)3)10-9-15(13)12-17-18(20-23-19(17)22)14-7-5-4-6-8-14;1-11-9-13(19(5)6)8-7-12(11)10-14-15(17(2,3)4)18-21-16(14)20;3*1-16(2,3)14-13(15(19)20-17-14)10-11-6-8-12(9-7-11)18(4)5/h2*4-12H,1-3H3;7-10H,1-6H3;3*6-10H,1-5H3. The maximum absolute atomic E-state index is 12.0. The van der Waals surface area contributed by atoms with Crippen molar-refractivity contribution in [2.24, 2.45) is 52.6 Å². The summed E-state index contributed by atoms with van der Waals surface area (Å²) in [5.41, 5.74) is 23.8. The molecular formula is C103H118N12O12. The SMILES string of the molecule is CN(C)c1ccc(C=C2C(=O)ON=C2C(C)(C)C)cc1.CN(C)c1ccc(C=C2C(=O)ON=C2C(C)(C)C)cc1.CN(C)c1ccc(C=C2C(=O)ON=C2C(C)(C)C)cc1.Cc1cc(N(C)C)ccc1C=C1C(=O)ON=C1C(C)(C)C.Cc1cc(N(C)C)ccc1C=C1C(=O)ON=C1c1ccccc1.Cc1cc(N(C)C)ccc1C=C1C(=O)ON=C1c1ccccc1. The van der Waals surface area contributed by atoms with Gasteiger partial charge in [-0.1, -0.05) is 229 Å². The first-order valence-corrected chi connectivity index (χ1v) is 41.6. The van der Waals surface area contributed by atoms with E-state index in [9.17, 15) is 28.8 Å². The van der Waals surface area contributed by atoms with E-state index >= 15 is 0 Å². The van der Waals surface area contributed by atoms with E-state index in [1.807, 2.05) is 419 Å². The van der Waals surface area contributed by atoms with Crippen LogP contribution in [-0.4, -0.2) is 155 Å². The molecule has 0 spiro atoms. The van der Waals surface area contributed by atoms with Gasteiger partial charge in [0, 0.05) is 151 Å². The Morgan fingerprint density at radius 3 is 0.646 bits per heavy atom. The van der Waals surface area contributed by atoms with Crippen molar-refractivity contribution in [3.63, 3.8) is 0 Å². The first-order chi connectivity index (χ1) is 59.7. The molecule has 662 valence electrons. The average molecular weight is 1720 g/mol. The second-order valence-corrected chi connectivity index (χ2v) is 36.3. The van der Waals surface area contributed by atoms with E-state index in [1.54, 1.807) is 0 Å². The molecule has 0 aromatic heterocycles. The highest BCUT2D eigenvalue weighted by atomic mass is 16.7. The van der Waals surface area contributed by atoms with Gasteiger partial charge >= 0.3 is 35.8 Å². The maximum Gasteiger partial charge on any atom is 0.368 e. The molecule has 0 atom stereocenters. The van der Waals surface area contributed by atoms with Crippen molar-refractivity contribution in [1.82, 2.24) is 0 Å². The van der Waals surface area contributed by atoms with Gasteiger partial charge in [-0.2, -0.15) is 0 Å². The molecule has 8 aromatic carbocycles. The van der Waals surface area contributed by atoms with Crippen molar-refractivity contribution >= 4 is 141 Å². The van der Waals surface area contributed by atoms with Crippen LogP contribution in [0, 0.1) is 42.4 Å². The van der Waals surface area contributed by atoms with E-state index in [1.165, 1.54) is 0 Å². The second-order valence-electron chi connectivity index (χ2n) is 36.3. The van der Waals surface area contributed by atoms with Crippen LogP contribution in [0.1, 0.15) is 144 Å². The van der Waals surface area contributed by atoms with Crippen LogP contribution in [0.25, 0.3) is 36.5 Å². The minimum atomic E-state index is -0.417. The molecule has 24 heteroatoms. The van der Waals surface area contributed by atoms with E-state index < -0.39 is 11.9 Å². The van der Waals surface area contributed by atoms with Gasteiger partial charge in [-0.15, -0.1) is 0 Å². The number of benzene rings is 8. The summed E-state index contributed by atoms with van der Waals surface area (Å²) in [6.07, 6.45) is 11.1. The van der Waals surface area contributed by atoms with Gasteiger partial charge in [0.1, 0.15) is 34.3 Å². The largest absolute Gasteiger partial charge is 0.378 e. The summed E-state index contributed by atoms with van der Waals surface area (Å²) in [6.45, 7) is 30.2. The van der Waals surface area contributed by atoms with Crippen LogP contribution < -0.4 is 29.4 Å². The third-order valence-corrected chi connectivity index (χ3v) is 20.5. The lowest BCUT2D eigenvalue weighted by Crippen LogP contribution is -2.22. The molecule has 0 bridgehead atoms. The molecule has 0 radical (unpaired) electrons. The Hall–Kier alpha value is -14.2. The summed E-state index contributed by atoms with van der Waals surface area (Å²) < 4.78 is 0. The minimum Gasteiger partial charge on any atom is -0.378 e. The number of oxime groups is 6. The Kier molecular flexibility index (Phi) is 31.6. The van der Waals surface area contributed by atoms with Crippen molar-refractivity contribution in [2.75, 3.05) is 114 Å². The molecule has 6 aliphatic rings. The molecule has 14 rings (SSSR count). The van der Waals surface area contributed by atoms with Crippen LogP contribution in [-0.2, 0) is 57.8 Å². The number of rotatable bonds is 14. The monoisotopic (exact) mass is 1710 g/mol. The summed E-state index contributed by atoms with van der Waals surface area (Å²) in [5, 5.41) is 23.5. The van der Waals surface area contributed by atoms with Crippen LogP contribution in [0.15, 0.2) is 252 Å². The summed E-state index contributed by atoms with van der Waals surface area (Å²) in [5.74, 6) is -2.36. The molecule has 0 amide bonds. The highest BCUT2D eigenvalue weighted by Gasteiger charge is 2.38. The zero-order valence-electron chi connectivity index (χ0n) is 78.1. The molecule has 6 heterocycles. The summed E-state index contributed by atoms with van der Waals surface area (Å²) >= 11 is 0. The predicted molar refractivity (Wildman–Crippen MR) is 517 cm³/mol. The van der Waals surface area contributed by atoms with Gasteiger partial charge in [-0.25, -0.2) is 28.8 Å². The molecule has 0 aliphatic carbocycles. The van der Waals surface area contributed by atoms with Gasteiger partial charge in [0.15, 0.2) is 0 Å². The van der Waals surface area contributed by atoms with Gasteiger partial charge in [0.05, 0.1) is 33.4 Å². The Labute approximate surface area is 747 Å². The van der Waals surface area contributed by atoms with Crippen LogP contribution in [0.3, 0.4) is 0 Å². The fourth-order valence-corrected chi connectivity index (χ4v) is 13.1. The Bertz CT molecular complexity index is 5420. The van der Waals surface area contributed by atoms with E-state index in [2.05, 4.69) is 54.0 Å². The van der Waals surface area contributed by atoms with Gasteiger partial charge < -0.3 is 58.4 Å². The van der Waals surface area contributed by atoms with E-state index in [4.69, 9.17) is 29.0 Å². The number of nitrogens with zero attached hydrogens (tertiary/aromatic N) is 12. The van der Waals surface area contributed by atoms with Gasteiger partial charge in [-0.05, 0) is 180 Å². The third kappa shape index (κ3) is 25.8. The lowest BCUT2D eigenvalue weighted by molar-refractivity contribution is -0.137. The summed E-state index contributed by atoms with van der Waals surface area (Å²) in [7, 11) is 24.0. The predicted octanol–water partition coefficient (Wildman–Crippen LogP) is 19.5. The summed E-state index contributed by atoms with van der Waals surface area (Å²) in [6, 6.07) is 61.5. The molecule has 0 saturated heterocycles. The van der Waals surface area contributed by atoms with Crippen molar-refractivity contribution in [3.05, 3.63) is 283 Å². The maximum atomic E-state index is 12.0. The van der Waals surface area contributed by atoms with Crippen molar-refractivity contribution in [1.29, 1.82) is 0 Å². The molecule has 0 N–H and O–H groups in total. The minimum absolute atomic E-state index is 0.221. The van der Waals surface area contributed by atoms with Gasteiger partial charge in [0.2, 0.25) is 0 Å².